The molecule has 2 N–H and O–H groups in total. The number of ether oxygens (including phenoxy) is 1. The second-order valence-electron chi connectivity index (χ2n) is 20.8. The Morgan fingerprint density at radius 2 is 0.884 bits per heavy atom. The Morgan fingerprint density at radius 3 is 1.35 bits per heavy atom. The highest BCUT2D eigenvalue weighted by atomic mass is 31.2. The second-order valence-corrected chi connectivity index (χ2v) is 22.3. The van der Waals surface area contributed by atoms with Gasteiger partial charge in [0.15, 0.2) is 0 Å². The zero-order valence-electron chi connectivity index (χ0n) is 46.1. The van der Waals surface area contributed by atoms with E-state index in [0.29, 0.717) is 17.4 Å². The number of quaternary nitrogens is 1. The van der Waals surface area contributed by atoms with Crippen LogP contribution in [0.5, 0.6) is 0 Å². The first-order valence-corrected chi connectivity index (χ1v) is 30.5. The van der Waals surface area contributed by atoms with Gasteiger partial charge in [-0.1, -0.05) is 230 Å². The number of nitrogens with zero attached hydrogens (tertiary/aromatic N) is 1. The minimum atomic E-state index is -4.44. The largest absolute Gasteiger partial charge is 0.472 e. The van der Waals surface area contributed by atoms with E-state index in [4.69, 9.17) is 13.8 Å². The number of esters is 1. The summed E-state index contributed by atoms with van der Waals surface area (Å²) < 4.78 is 30.6. The first-order valence-electron chi connectivity index (χ1n) is 29.0. The molecule has 9 nitrogen and oxygen atoms in total. The van der Waals surface area contributed by atoms with Gasteiger partial charge < -0.3 is 19.4 Å². The number of likely N-dealkylation sites (N-methyl/N-ethyl adjacent to an activating group) is 1. The first kappa shape index (κ1) is 67.0. The van der Waals surface area contributed by atoms with Crippen LogP contribution in [0.3, 0.4) is 0 Å². The van der Waals surface area contributed by atoms with Crippen molar-refractivity contribution < 1.29 is 37.3 Å². The quantitative estimate of drug-likeness (QED) is 0.0205. The molecule has 0 bridgehead atoms. The zero-order chi connectivity index (χ0) is 50.8. The third kappa shape index (κ3) is 50.7. The Balaban J connectivity index is 5.22. The topological polar surface area (TPSA) is 111 Å². The fourth-order valence-corrected chi connectivity index (χ4v) is 8.98. The maximum absolute atomic E-state index is 13.4. The van der Waals surface area contributed by atoms with Crippen molar-refractivity contribution in [1.29, 1.82) is 0 Å². The maximum atomic E-state index is 13.4. The summed E-state index contributed by atoms with van der Waals surface area (Å²) in [4.78, 5) is 37.5. The number of allylic oxidation sites excluding steroid dienone is 7. The number of amides is 1. The molecule has 0 rings (SSSR count). The number of hydrogen-bond donors (Lipinski definition) is 2. The van der Waals surface area contributed by atoms with E-state index in [1.54, 1.807) is 0 Å². The predicted molar refractivity (Wildman–Crippen MR) is 295 cm³/mol. The number of nitrogens with one attached hydrogen (secondary N) is 1. The highest BCUT2D eigenvalue weighted by molar-refractivity contribution is 7.47. The van der Waals surface area contributed by atoms with Gasteiger partial charge in [-0.05, 0) is 70.3 Å². The van der Waals surface area contributed by atoms with Crippen molar-refractivity contribution in [3.8, 4) is 0 Å². The van der Waals surface area contributed by atoms with Crippen LogP contribution in [0, 0.1) is 0 Å². The van der Waals surface area contributed by atoms with Crippen molar-refractivity contribution in [2.24, 2.45) is 0 Å². The molecule has 0 aliphatic carbocycles. The van der Waals surface area contributed by atoms with Gasteiger partial charge in [-0.15, -0.1) is 0 Å². The molecule has 0 saturated carbocycles. The van der Waals surface area contributed by atoms with Crippen molar-refractivity contribution >= 4 is 19.7 Å². The molecule has 0 radical (unpaired) electrons. The molecule has 0 spiro atoms. The van der Waals surface area contributed by atoms with Crippen molar-refractivity contribution in [2.75, 3.05) is 40.9 Å². The average Bonchev–Trinajstić information content (AvgIpc) is 3.31. The summed E-state index contributed by atoms with van der Waals surface area (Å²) in [6.45, 7) is 6.97. The summed E-state index contributed by atoms with van der Waals surface area (Å²) in [7, 11) is 1.49. The first-order chi connectivity index (χ1) is 33.4. The lowest BCUT2D eigenvalue weighted by Gasteiger charge is -2.27. The molecule has 0 aromatic rings. The zero-order valence-corrected chi connectivity index (χ0v) is 47.0. The smallest absolute Gasteiger partial charge is 0.456 e. The molecule has 0 heterocycles. The van der Waals surface area contributed by atoms with Crippen LogP contribution in [0.1, 0.15) is 265 Å². The number of phosphoric acid groups is 1. The molecule has 10 heteroatoms. The van der Waals surface area contributed by atoms with Crippen molar-refractivity contribution in [2.45, 2.75) is 277 Å². The molecular formula is C59H112N2O7P+. The van der Waals surface area contributed by atoms with Crippen LogP contribution < -0.4 is 5.32 Å². The Bertz CT molecular complexity index is 1330. The summed E-state index contributed by atoms with van der Waals surface area (Å²) in [5.41, 5.74) is 0. The molecule has 0 aliphatic rings. The summed E-state index contributed by atoms with van der Waals surface area (Å²) in [5.74, 6) is -0.509. The number of unbranched alkanes of at least 4 members (excludes halogenated alkanes) is 30. The number of carbonyl (C=O) groups excluding carboxylic acids is 2. The molecular weight excluding hydrogens is 880 g/mol. The number of carbonyl (C=O) groups is 2. The highest BCUT2D eigenvalue weighted by Gasteiger charge is 2.30. The van der Waals surface area contributed by atoms with Crippen molar-refractivity contribution in [3.63, 3.8) is 0 Å². The molecule has 0 saturated heterocycles. The molecule has 404 valence electrons. The lowest BCUT2D eigenvalue weighted by Crippen LogP contribution is -2.47. The Hall–Kier alpha value is -2.03. The van der Waals surface area contributed by atoms with Crippen LogP contribution in [-0.2, 0) is 27.9 Å². The van der Waals surface area contributed by atoms with E-state index >= 15 is 0 Å². The van der Waals surface area contributed by atoms with Gasteiger partial charge in [-0.2, -0.15) is 0 Å². The van der Waals surface area contributed by atoms with Crippen molar-refractivity contribution in [3.05, 3.63) is 48.6 Å². The van der Waals surface area contributed by atoms with Crippen molar-refractivity contribution in [1.82, 2.24) is 5.32 Å². The normalized spacial score (nSPS) is 14.1. The van der Waals surface area contributed by atoms with Gasteiger partial charge in [0, 0.05) is 12.8 Å². The summed E-state index contributed by atoms with van der Waals surface area (Å²) in [6, 6.07) is -0.847. The molecule has 3 unspecified atom stereocenters. The monoisotopic (exact) mass is 992 g/mol. The molecule has 0 aromatic heterocycles. The van der Waals surface area contributed by atoms with Gasteiger partial charge in [0.25, 0.3) is 0 Å². The van der Waals surface area contributed by atoms with Gasteiger partial charge in [-0.3, -0.25) is 18.6 Å². The van der Waals surface area contributed by atoms with Crippen LogP contribution in [-0.4, -0.2) is 74.3 Å². The summed E-state index contributed by atoms with van der Waals surface area (Å²) >= 11 is 0. The minimum Gasteiger partial charge on any atom is -0.456 e. The third-order valence-corrected chi connectivity index (χ3v) is 13.8. The van der Waals surface area contributed by atoms with Gasteiger partial charge in [0.1, 0.15) is 19.3 Å². The standard InChI is InChI=1S/C59H111N2O7P/c1-7-10-13-16-19-22-25-26-27-28-29-30-31-32-33-34-37-40-43-46-49-52-59(63)68-57(50-47-44-41-38-35-23-20-17-14-11-8-2)56(55-67-69(64,65)66-54-53-61(4,5)6)60-58(62)51-48-45-42-39-36-24-21-18-15-12-9-3/h19,22,26-27,29-30,47,50,56-57H,7-18,20-21,23-25,28,31-46,48-49,51-55H2,1-6H3,(H-,60,62,64,65)/p+1/b22-19-,27-26-,30-29-,50-47+. The lowest BCUT2D eigenvalue weighted by atomic mass is 10.0. The Morgan fingerprint density at radius 1 is 0.507 bits per heavy atom. The summed E-state index contributed by atoms with van der Waals surface area (Å²) in [6.07, 6.45) is 59.6. The third-order valence-electron chi connectivity index (χ3n) is 12.8. The van der Waals surface area contributed by atoms with E-state index in [0.717, 1.165) is 83.5 Å². The number of rotatable bonds is 52. The van der Waals surface area contributed by atoms with E-state index < -0.39 is 20.0 Å². The van der Waals surface area contributed by atoms with Crippen LogP contribution in [0.4, 0.5) is 0 Å². The van der Waals surface area contributed by atoms with Gasteiger partial charge in [0.05, 0.1) is 33.8 Å². The van der Waals surface area contributed by atoms with E-state index in [9.17, 15) is 19.0 Å². The molecule has 69 heavy (non-hydrogen) atoms. The number of hydrogen-bond acceptors (Lipinski definition) is 6. The highest BCUT2D eigenvalue weighted by Crippen LogP contribution is 2.43. The average molecular weight is 993 g/mol. The minimum absolute atomic E-state index is 0.0397. The lowest BCUT2D eigenvalue weighted by molar-refractivity contribution is -0.870. The van der Waals surface area contributed by atoms with Crippen LogP contribution >= 0.6 is 7.82 Å². The molecule has 0 aliphatic heterocycles. The van der Waals surface area contributed by atoms with Gasteiger partial charge in [-0.25, -0.2) is 4.57 Å². The maximum Gasteiger partial charge on any atom is 0.472 e. The molecule has 3 atom stereocenters. The SMILES string of the molecule is CCCCC/C=C\C/C=C\C/C=C\CCCCCCCCCCC(=O)OC(/C=C/CCCCCCCCCCC)C(COP(=O)(O)OCC[N+](C)(C)C)NC(=O)CCCCCCCCCCCCC. The molecule has 0 aromatic carbocycles. The fraction of sp³-hybridized carbons (Fsp3) is 0.831. The molecule has 1 amide bonds. The van der Waals surface area contributed by atoms with Crippen LogP contribution in [0.25, 0.3) is 0 Å². The van der Waals surface area contributed by atoms with Crippen LogP contribution in [0.2, 0.25) is 0 Å². The van der Waals surface area contributed by atoms with E-state index in [-0.39, 0.29) is 31.5 Å². The predicted octanol–water partition coefficient (Wildman–Crippen LogP) is 17.3. The van der Waals surface area contributed by atoms with Gasteiger partial charge >= 0.3 is 13.8 Å². The summed E-state index contributed by atoms with van der Waals surface area (Å²) in [5, 5.41) is 3.04. The van der Waals surface area contributed by atoms with Crippen LogP contribution in [0.15, 0.2) is 48.6 Å². The van der Waals surface area contributed by atoms with Gasteiger partial charge in [0.2, 0.25) is 5.91 Å². The second kappa shape index (κ2) is 49.5. The molecule has 0 fully saturated rings. The Labute approximate surface area is 427 Å². The van der Waals surface area contributed by atoms with E-state index in [1.165, 1.54) is 148 Å². The number of phosphoric ester groups is 1. The Kier molecular flexibility index (Phi) is 48.1. The van der Waals surface area contributed by atoms with E-state index in [2.05, 4.69) is 62.5 Å². The van der Waals surface area contributed by atoms with E-state index in [1.807, 2.05) is 33.3 Å². The fourth-order valence-electron chi connectivity index (χ4n) is 8.24.